The van der Waals surface area contributed by atoms with Crippen molar-refractivity contribution < 1.29 is 18.0 Å². The summed E-state index contributed by atoms with van der Waals surface area (Å²) in [4.78, 5) is 16.7. The van der Waals surface area contributed by atoms with Gasteiger partial charge in [-0.2, -0.15) is 13.2 Å². The molecule has 0 fully saturated rings. The van der Waals surface area contributed by atoms with E-state index in [1.165, 1.54) is 17.4 Å². The fourth-order valence-corrected chi connectivity index (χ4v) is 3.96. The monoisotopic (exact) mass is 392 g/mol. The van der Waals surface area contributed by atoms with Crippen molar-refractivity contribution in [3.63, 3.8) is 0 Å². The molecule has 2 aliphatic heterocycles. The van der Waals surface area contributed by atoms with Gasteiger partial charge < -0.3 is 4.98 Å². The second-order valence-electron chi connectivity index (χ2n) is 5.80. The highest BCUT2D eigenvalue weighted by Gasteiger charge is 2.52. The van der Waals surface area contributed by atoms with Gasteiger partial charge in [-0.15, -0.1) is 11.3 Å². The summed E-state index contributed by atoms with van der Waals surface area (Å²) in [7, 11) is 0. The number of aromatic amines is 1. The first-order valence-corrected chi connectivity index (χ1v) is 8.94. The van der Waals surface area contributed by atoms with E-state index in [9.17, 15) is 18.0 Å². The highest BCUT2D eigenvalue weighted by molar-refractivity contribution is 7.73. The van der Waals surface area contributed by atoms with Crippen molar-refractivity contribution >= 4 is 35.0 Å². The number of H-pyrrole nitrogens is 1. The van der Waals surface area contributed by atoms with E-state index in [4.69, 9.17) is 12.2 Å². The third-order valence-corrected chi connectivity index (χ3v) is 5.26. The smallest absolute Gasteiger partial charge is 0.340 e. The molecule has 1 N–H and O–H groups in total. The van der Waals surface area contributed by atoms with Gasteiger partial charge in [0.25, 0.3) is 0 Å². The first-order valence-electron chi connectivity index (χ1n) is 7.65. The zero-order valence-corrected chi connectivity index (χ0v) is 14.8. The standard InChI is InChI=1S/C18H11F3N2OS2/c19-18(20,21)15-13-7-6-12(10-4-2-1-3-5-10)16(15)23(13)14(24)8-11-9-26-17(25)22-11/h1-7,9H,8H2,(H,22,25). The van der Waals surface area contributed by atoms with Crippen molar-refractivity contribution in [3.05, 3.63) is 80.0 Å². The average molecular weight is 392 g/mol. The predicted octanol–water partition coefficient (Wildman–Crippen LogP) is 4.99. The Morgan fingerprint density at radius 1 is 1.19 bits per heavy atom. The minimum Gasteiger partial charge on any atom is -0.340 e. The van der Waals surface area contributed by atoms with Gasteiger partial charge in [-0.1, -0.05) is 36.4 Å². The van der Waals surface area contributed by atoms with Crippen LogP contribution in [0, 0.1) is 3.95 Å². The van der Waals surface area contributed by atoms with E-state index in [0.717, 1.165) is 4.90 Å². The number of carbonyl (C=O) groups excluding carboxylic acids is 1. The van der Waals surface area contributed by atoms with Gasteiger partial charge in [0, 0.05) is 16.6 Å². The Labute approximate surface area is 155 Å². The van der Waals surface area contributed by atoms with E-state index in [0.29, 0.717) is 20.8 Å². The third-order valence-electron chi connectivity index (χ3n) is 4.15. The summed E-state index contributed by atoms with van der Waals surface area (Å²) in [6.45, 7) is 0. The lowest BCUT2D eigenvalue weighted by molar-refractivity contribution is -0.130. The minimum absolute atomic E-state index is 0.0405. The molecule has 0 radical (unpaired) electrons. The molecule has 1 aromatic heterocycles. The molecule has 2 aliphatic rings. The van der Waals surface area contributed by atoms with Crippen molar-refractivity contribution in [3.8, 4) is 0 Å². The highest BCUT2D eigenvalue weighted by Crippen LogP contribution is 2.52. The number of nitrogens with one attached hydrogen (secondary N) is 1. The third kappa shape index (κ3) is 2.75. The van der Waals surface area contributed by atoms with E-state index in [1.807, 2.05) is 0 Å². The van der Waals surface area contributed by atoms with E-state index >= 15 is 0 Å². The number of nitrogens with zero attached hydrogens (tertiary/aromatic N) is 1. The van der Waals surface area contributed by atoms with Crippen LogP contribution in [0.4, 0.5) is 13.2 Å². The Balaban J connectivity index is 1.73. The molecule has 2 bridgehead atoms. The van der Waals surface area contributed by atoms with Crippen LogP contribution in [0.25, 0.3) is 5.57 Å². The molecular weight excluding hydrogens is 381 g/mol. The fraction of sp³-hybridized carbons (Fsp3) is 0.111. The summed E-state index contributed by atoms with van der Waals surface area (Å²) >= 11 is 6.26. The van der Waals surface area contributed by atoms with Crippen LogP contribution in [0.2, 0.25) is 0 Å². The number of thiazole rings is 1. The van der Waals surface area contributed by atoms with Crippen LogP contribution in [-0.4, -0.2) is 22.0 Å². The van der Waals surface area contributed by atoms with Gasteiger partial charge in [-0.25, -0.2) is 0 Å². The molecule has 8 heteroatoms. The van der Waals surface area contributed by atoms with Crippen molar-refractivity contribution in [1.82, 2.24) is 9.88 Å². The lowest BCUT2D eigenvalue weighted by Gasteiger charge is -2.43. The number of amides is 1. The van der Waals surface area contributed by atoms with Crippen molar-refractivity contribution in [2.45, 2.75) is 12.6 Å². The topological polar surface area (TPSA) is 36.1 Å². The molecule has 0 aliphatic carbocycles. The summed E-state index contributed by atoms with van der Waals surface area (Å²) in [5.74, 6) is -0.426. The Bertz CT molecular complexity index is 1040. The zero-order valence-electron chi connectivity index (χ0n) is 13.1. The minimum atomic E-state index is -4.52. The first-order chi connectivity index (χ1) is 12.4. The van der Waals surface area contributed by atoms with Crippen LogP contribution >= 0.6 is 23.6 Å². The number of alkyl halides is 3. The zero-order chi connectivity index (χ0) is 18.5. The molecule has 26 heavy (non-hydrogen) atoms. The number of hydrogen-bond acceptors (Lipinski definition) is 3. The molecule has 1 aromatic carbocycles. The second kappa shape index (κ2) is 6.07. The van der Waals surface area contributed by atoms with Crippen molar-refractivity contribution in [1.29, 1.82) is 0 Å². The average Bonchev–Trinajstić information content (AvgIpc) is 2.99. The van der Waals surface area contributed by atoms with Crippen LogP contribution in [0.1, 0.15) is 11.3 Å². The number of rotatable bonds is 3. The summed E-state index contributed by atoms with van der Waals surface area (Å²) < 4.78 is 41.0. The molecule has 2 aromatic rings. The second-order valence-corrected chi connectivity index (χ2v) is 7.35. The number of fused-ring (bicyclic) bond motifs is 2. The normalized spacial score (nSPS) is 16.2. The Morgan fingerprint density at radius 2 is 1.92 bits per heavy atom. The van der Waals surface area contributed by atoms with Gasteiger partial charge in [0.1, 0.15) is 5.57 Å². The van der Waals surface area contributed by atoms with Gasteiger partial charge in [-0.05, 0) is 23.9 Å². The van der Waals surface area contributed by atoms with Crippen LogP contribution in [0.3, 0.4) is 0 Å². The molecule has 3 nitrogen and oxygen atoms in total. The van der Waals surface area contributed by atoms with Crippen LogP contribution in [-0.2, 0) is 11.2 Å². The van der Waals surface area contributed by atoms with E-state index < -0.39 is 17.7 Å². The largest absolute Gasteiger partial charge is 0.420 e. The first kappa shape index (κ1) is 17.0. The Morgan fingerprint density at radius 3 is 2.54 bits per heavy atom. The molecule has 4 rings (SSSR count). The maximum Gasteiger partial charge on any atom is 0.420 e. The van der Waals surface area contributed by atoms with Crippen molar-refractivity contribution in [2.24, 2.45) is 0 Å². The van der Waals surface area contributed by atoms with Gasteiger partial charge >= 0.3 is 6.18 Å². The number of benzene rings is 1. The quantitative estimate of drug-likeness (QED) is 0.748. The molecule has 0 saturated carbocycles. The van der Waals surface area contributed by atoms with Gasteiger partial charge in [0.15, 0.2) is 3.95 Å². The number of allylic oxidation sites excluding steroid dienone is 4. The molecule has 3 heterocycles. The maximum atomic E-state index is 13.5. The SMILES string of the molecule is O=C(Cc1csc(=S)[nH]1)N1c2ccc(-c3ccccc3)c1c2C(F)(F)F. The number of carbonyl (C=O) groups is 1. The van der Waals surface area contributed by atoms with Crippen LogP contribution in [0.5, 0.6) is 0 Å². The molecule has 1 amide bonds. The van der Waals surface area contributed by atoms with E-state index in [1.54, 1.807) is 41.8 Å². The van der Waals surface area contributed by atoms with Gasteiger partial charge in [0.05, 0.1) is 17.8 Å². The van der Waals surface area contributed by atoms with Crippen LogP contribution < -0.4 is 0 Å². The Hall–Kier alpha value is -2.45. The molecule has 0 unspecified atom stereocenters. The molecule has 132 valence electrons. The Kier molecular flexibility index (Phi) is 3.96. The summed E-state index contributed by atoms with van der Waals surface area (Å²) in [5, 5.41) is 1.71. The summed E-state index contributed by atoms with van der Waals surface area (Å²) in [5.41, 5.74) is 0.679. The highest BCUT2D eigenvalue weighted by atomic mass is 32.1. The lowest BCUT2D eigenvalue weighted by Crippen LogP contribution is -2.46. The van der Waals surface area contributed by atoms with E-state index in [2.05, 4.69) is 4.98 Å². The summed E-state index contributed by atoms with van der Waals surface area (Å²) in [6, 6.07) is 8.74. The van der Waals surface area contributed by atoms with E-state index in [-0.39, 0.29) is 17.8 Å². The molecule has 0 spiro atoms. The number of hydrogen-bond donors (Lipinski definition) is 1. The van der Waals surface area contributed by atoms with Gasteiger partial charge in [0.2, 0.25) is 5.91 Å². The summed E-state index contributed by atoms with van der Waals surface area (Å²) in [6.07, 6.45) is -1.58. The van der Waals surface area contributed by atoms with Crippen molar-refractivity contribution in [2.75, 3.05) is 0 Å². The molecular formula is C18H11F3N2OS2. The number of halogens is 3. The lowest BCUT2D eigenvalue weighted by atomic mass is 9.84. The van der Waals surface area contributed by atoms with Gasteiger partial charge in [-0.3, -0.25) is 9.69 Å². The van der Waals surface area contributed by atoms with Crippen LogP contribution in [0.15, 0.2) is 64.8 Å². The molecule has 0 saturated heterocycles. The maximum absolute atomic E-state index is 13.5. The predicted molar refractivity (Wildman–Crippen MR) is 95.6 cm³/mol. The molecule has 0 atom stereocenters. The number of aromatic nitrogens is 1. The fourth-order valence-electron chi connectivity index (χ4n) is 3.10.